The average Bonchev–Trinajstić information content (AvgIpc) is 2.91. The molecule has 1 saturated heterocycles. The number of aryl methyl sites for hydroxylation is 1. The topological polar surface area (TPSA) is 66.2 Å². The van der Waals surface area contributed by atoms with Crippen LogP contribution >= 0.6 is 0 Å². The Kier molecular flexibility index (Phi) is 5.78. The number of ether oxygens (including phenoxy) is 1. The lowest BCUT2D eigenvalue weighted by Gasteiger charge is -2.35. The normalized spacial score (nSPS) is 18.0. The molecule has 0 radical (unpaired) electrons. The average molecular weight is 296 g/mol. The Morgan fingerprint density at radius 1 is 1.43 bits per heavy atom. The fraction of sp³-hybridized carbons (Fsp3) is 0.667. The van der Waals surface area contributed by atoms with Gasteiger partial charge < -0.3 is 19.2 Å². The number of nitrogens with zero attached hydrogens (tertiary/aromatic N) is 2. The molecule has 0 bridgehead atoms. The van der Waals surface area contributed by atoms with E-state index in [0.717, 1.165) is 18.7 Å². The molecule has 118 valence electrons. The monoisotopic (exact) mass is 296 g/mol. The summed E-state index contributed by atoms with van der Waals surface area (Å²) < 4.78 is 10.5. The Labute approximate surface area is 125 Å². The van der Waals surface area contributed by atoms with Gasteiger partial charge in [0, 0.05) is 44.9 Å². The highest BCUT2D eigenvalue weighted by Crippen LogP contribution is 2.14. The molecule has 6 heteroatoms. The molecule has 1 aromatic rings. The van der Waals surface area contributed by atoms with E-state index in [4.69, 9.17) is 9.15 Å². The Hall–Kier alpha value is -1.37. The highest BCUT2D eigenvalue weighted by molar-refractivity contribution is 5.92. The van der Waals surface area contributed by atoms with Crippen molar-refractivity contribution in [2.45, 2.75) is 20.0 Å². The van der Waals surface area contributed by atoms with Gasteiger partial charge >= 0.3 is 0 Å². The van der Waals surface area contributed by atoms with Crippen LogP contribution in [0.5, 0.6) is 0 Å². The van der Waals surface area contributed by atoms with Crippen molar-refractivity contribution >= 4 is 5.91 Å². The molecule has 1 aliphatic rings. The van der Waals surface area contributed by atoms with Crippen LogP contribution in [0.15, 0.2) is 16.7 Å². The predicted molar refractivity (Wildman–Crippen MR) is 78.3 cm³/mol. The number of rotatable bonds is 6. The number of aliphatic hydroxyl groups excluding tert-OH is 1. The summed E-state index contributed by atoms with van der Waals surface area (Å²) in [7, 11) is 0. The van der Waals surface area contributed by atoms with E-state index < -0.39 is 6.10 Å². The molecule has 0 saturated carbocycles. The first kappa shape index (κ1) is 16.0. The molecule has 0 unspecified atom stereocenters. The number of aliphatic hydroxyl groups is 1. The highest BCUT2D eigenvalue weighted by Gasteiger charge is 2.25. The number of β-amino-alcohol motifs (C(OH)–C–C–N with tert-alkyl or cyclic N) is 1. The van der Waals surface area contributed by atoms with Crippen molar-refractivity contribution in [3.05, 3.63) is 23.7 Å². The highest BCUT2D eigenvalue weighted by atomic mass is 16.5. The second kappa shape index (κ2) is 7.59. The summed E-state index contributed by atoms with van der Waals surface area (Å²) in [5.41, 5.74) is 0.870. The first-order valence-corrected chi connectivity index (χ1v) is 7.43. The zero-order valence-electron chi connectivity index (χ0n) is 12.7. The first-order valence-electron chi connectivity index (χ1n) is 7.43. The molecule has 21 heavy (non-hydrogen) atoms. The third-order valence-corrected chi connectivity index (χ3v) is 3.70. The van der Waals surface area contributed by atoms with Crippen LogP contribution < -0.4 is 0 Å². The van der Waals surface area contributed by atoms with E-state index in [-0.39, 0.29) is 5.91 Å². The molecule has 1 aliphatic heterocycles. The molecule has 1 atom stereocenters. The van der Waals surface area contributed by atoms with Crippen molar-refractivity contribution in [2.24, 2.45) is 0 Å². The minimum Gasteiger partial charge on any atom is -0.459 e. The number of piperazine rings is 1. The zero-order valence-corrected chi connectivity index (χ0v) is 12.7. The second-order valence-electron chi connectivity index (χ2n) is 5.34. The number of carbonyl (C=O) groups excluding carboxylic acids is 1. The van der Waals surface area contributed by atoms with Crippen molar-refractivity contribution in [3.8, 4) is 0 Å². The molecular weight excluding hydrogens is 272 g/mol. The summed E-state index contributed by atoms with van der Waals surface area (Å²) in [5, 5.41) is 9.83. The summed E-state index contributed by atoms with van der Waals surface area (Å²) in [6.07, 6.45) is 1.07. The van der Waals surface area contributed by atoms with Gasteiger partial charge in [-0.05, 0) is 19.9 Å². The quantitative estimate of drug-likeness (QED) is 0.839. The third kappa shape index (κ3) is 4.30. The number of hydrogen-bond donors (Lipinski definition) is 1. The molecular formula is C15H24N2O4. The van der Waals surface area contributed by atoms with Gasteiger partial charge in [0.2, 0.25) is 0 Å². The van der Waals surface area contributed by atoms with Gasteiger partial charge in [-0.1, -0.05) is 0 Å². The molecule has 0 aromatic carbocycles. The summed E-state index contributed by atoms with van der Waals surface area (Å²) in [5.74, 6) is 0.381. The number of hydrogen-bond acceptors (Lipinski definition) is 5. The minimum absolute atomic E-state index is 0.0491. The smallest absolute Gasteiger partial charge is 0.289 e. The molecule has 1 fully saturated rings. The SMILES string of the molecule is CCOC[C@H](O)CN1CCN(C(=O)c2occc2C)CC1. The maximum Gasteiger partial charge on any atom is 0.289 e. The molecule has 2 heterocycles. The van der Waals surface area contributed by atoms with Gasteiger partial charge in [-0.2, -0.15) is 0 Å². The van der Waals surface area contributed by atoms with Crippen LogP contribution in [0.3, 0.4) is 0 Å². The van der Waals surface area contributed by atoms with Crippen LogP contribution in [0.4, 0.5) is 0 Å². The second-order valence-corrected chi connectivity index (χ2v) is 5.34. The van der Waals surface area contributed by atoms with Crippen molar-refractivity contribution in [2.75, 3.05) is 45.9 Å². The summed E-state index contributed by atoms with van der Waals surface area (Å²) in [4.78, 5) is 16.3. The van der Waals surface area contributed by atoms with Gasteiger partial charge in [0.05, 0.1) is 19.0 Å². The maximum absolute atomic E-state index is 12.3. The van der Waals surface area contributed by atoms with Crippen LogP contribution in [0.2, 0.25) is 0 Å². The van der Waals surface area contributed by atoms with Gasteiger partial charge in [-0.25, -0.2) is 0 Å². The molecule has 2 rings (SSSR count). The largest absolute Gasteiger partial charge is 0.459 e. The van der Waals surface area contributed by atoms with E-state index in [1.807, 2.05) is 13.8 Å². The molecule has 1 aromatic heterocycles. The summed E-state index contributed by atoms with van der Waals surface area (Å²) in [6.45, 7) is 8.17. The van der Waals surface area contributed by atoms with E-state index in [1.165, 1.54) is 0 Å². The Bertz CT molecular complexity index is 452. The van der Waals surface area contributed by atoms with E-state index in [9.17, 15) is 9.90 Å². The molecule has 1 N–H and O–H groups in total. The first-order chi connectivity index (χ1) is 10.1. The summed E-state index contributed by atoms with van der Waals surface area (Å²) >= 11 is 0. The number of furan rings is 1. The molecule has 0 aliphatic carbocycles. The predicted octanol–water partition coefficient (Wildman–Crippen LogP) is 0.743. The summed E-state index contributed by atoms with van der Waals surface area (Å²) in [6, 6.07) is 1.80. The standard InChI is InChI=1S/C15H24N2O4/c1-3-20-11-13(18)10-16-5-7-17(8-6-16)15(19)14-12(2)4-9-21-14/h4,9,13,18H,3,5-8,10-11H2,1-2H3/t13-/m1/s1. The van der Waals surface area contributed by atoms with Crippen LogP contribution in [0, 0.1) is 6.92 Å². The lowest BCUT2D eigenvalue weighted by molar-refractivity contribution is 0.0107. The van der Waals surface area contributed by atoms with E-state index in [1.54, 1.807) is 17.2 Å². The molecule has 1 amide bonds. The number of amides is 1. The Morgan fingerprint density at radius 3 is 2.71 bits per heavy atom. The Morgan fingerprint density at radius 2 is 2.14 bits per heavy atom. The van der Waals surface area contributed by atoms with Crippen molar-refractivity contribution in [1.82, 2.24) is 9.80 Å². The lowest BCUT2D eigenvalue weighted by Crippen LogP contribution is -2.50. The van der Waals surface area contributed by atoms with Gasteiger partial charge in [0.25, 0.3) is 5.91 Å². The van der Waals surface area contributed by atoms with Crippen LogP contribution in [0.1, 0.15) is 23.0 Å². The van der Waals surface area contributed by atoms with Crippen molar-refractivity contribution < 1.29 is 19.1 Å². The van der Waals surface area contributed by atoms with Crippen molar-refractivity contribution in [3.63, 3.8) is 0 Å². The van der Waals surface area contributed by atoms with Gasteiger partial charge in [0.1, 0.15) is 0 Å². The number of carbonyl (C=O) groups is 1. The van der Waals surface area contributed by atoms with E-state index >= 15 is 0 Å². The fourth-order valence-corrected chi connectivity index (χ4v) is 2.47. The third-order valence-electron chi connectivity index (χ3n) is 3.70. The maximum atomic E-state index is 12.3. The van der Waals surface area contributed by atoms with Crippen molar-refractivity contribution in [1.29, 1.82) is 0 Å². The van der Waals surface area contributed by atoms with Gasteiger partial charge in [0.15, 0.2) is 5.76 Å². The molecule has 6 nitrogen and oxygen atoms in total. The Balaban J connectivity index is 1.78. The van der Waals surface area contributed by atoms with Crippen LogP contribution in [-0.2, 0) is 4.74 Å². The minimum atomic E-state index is -0.473. The van der Waals surface area contributed by atoms with Crippen LogP contribution in [0.25, 0.3) is 0 Å². The fourth-order valence-electron chi connectivity index (χ4n) is 2.47. The zero-order chi connectivity index (χ0) is 15.2. The van der Waals surface area contributed by atoms with E-state index in [0.29, 0.717) is 38.6 Å². The van der Waals surface area contributed by atoms with Crippen LogP contribution in [-0.4, -0.2) is 72.9 Å². The van der Waals surface area contributed by atoms with Gasteiger partial charge in [-0.15, -0.1) is 0 Å². The lowest BCUT2D eigenvalue weighted by atomic mass is 10.2. The van der Waals surface area contributed by atoms with E-state index in [2.05, 4.69) is 4.90 Å². The van der Waals surface area contributed by atoms with Gasteiger partial charge in [-0.3, -0.25) is 9.69 Å². The molecule has 0 spiro atoms.